The molecule has 0 saturated carbocycles. The fraction of sp³-hybridized carbons (Fsp3) is 0.350. The van der Waals surface area contributed by atoms with E-state index in [0.29, 0.717) is 11.8 Å². The summed E-state index contributed by atoms with van der Waals surface area (Å²) >= 11 is 0. The van der Waals surface area contributed by atoms with Crippen LogP contribution in [0.5, 0.6) is 0 Å². The number of hydrogen-bond donors (Lipinski definition) is 0. The number of aryl methyl sites for hydroxylation is 1. The maximum absolute atomic E-state index is 5.95. The molecule has 0 aliphatic carbocycles. The smallest absolute Gasteiger partial charge is 0.247 e. The van der Waals surface area contributed by atoms with Gasteiger partial charge in [0.2, 0.25) is 11.8 Å². The Morgan fingerprint density at radius 2 is 2.04 bits per heavy atom. The Morgan fingerprint density at radius 3 is 2.88 bits per heavy atom. The van der Waals surface area contributed by atoms with Crippen LogP contribution in [-0.2, 0) is 6.54 Å². The van der Waals surface area contributed by atoms with Crippen LogP contribution in [0.1, 0.15) is 35.8 Å². The summed E-state index contributed by atoms with van der Waals surface area (Å²) in [5.74, 6) is 1.63. The van der Waals surface area contributed by atoms with Crippen LogP contribution in [0.4, 0.5) is 0 Å². The minimum atomic E-state index is 0.307. The summed E-state index contributed by atoms with van der Waals surface area (Å²) in [7, 11) is 0. The second-order valence-corrected chi connectivity index (χ2v) is 6.74. The molecule has 128 valence electrons. The molecule has 1 fully saturated rings. The van der Waals surface area contributed by atoms with Gasteiger partial charge in [0.25, 0.3) is 0 Å². The number of pyridine rings is 1. The SMILES string of the molecule is Cc1cccc(CN2CCC[C@H](c3nnc(-c4ccncc4)o3)C2)c1. The molecule has 0 N–H and O–H groups in total. The molecule has 3 aromatic rings. The van der Waals surface area contributed by atoms with Crippen LogP contribution >= 0.6 is 0 Å². The lowest BCUT2D eigenvalue weighted by molar-refractivity contribution is 0.186. The maximum atomic E-state index is 5.95. The van der Waals surface area contributed by atoms with E-state index >= 15 is 0 Å². The van der Waals surface area contributed by atoms with Crippen molar-refractivity contribution in [1.82, 2.24) is 20.1 Å². The van der Waals surface area contributed by atoms with E-state index in [1.54, 1.807) is 12.4 Å². The molecule has 4 rings (SSSR count). The second kappa shape index (κ2) is 7.15. The summed E-state index contributed by atoms with van der Waals surface area (Å²) in [6.07, 6.45) is 5.73. The predicted molar refractivity (Wildman–Crippen MR) is 96.0 cm³/mol. The molecular weight excluding hydrogens is 312 g/mol. The Kier molecular flexibility index (Phi) is 4.57. The van der Waals surface area contributed by atoms with Crippen LogP contribution in [0.2, 0.25) is 0 Å². The van der Waals surface area contributed by atoms with Gasteiger partial charge in [0.15, 0.2) is 0 Å². The molecule has 1 aromatic carbocycles. The van der Waals surface area contributed by atoms with Gasteiger partial charge < -0.3 is 4.42 Å². The number of piperidine rings is 1. The fourth-order valence-electron chi connectivity index (χ4n) is 3.48. The summed E-state index contributed by atoms with van der Waals surface area (Å²) < 4.78 is 5.95. The van der Waals surface area contributed by atoms with E-state index < -0.39 is 0 Å². The van der Waals surface area contributed by atoms with Gasteiger partial charge in [-0.15, -0.1) is 10.2 Å². The molecule has 0 amide bonds. The van der Waals surface area contributed by atoms with Gasteiger partial charge in [0.05, 0.1) is 5.92 Å². The average molecular weight is 334 g/mol. The largest absolute Gasteiger partial charge is 0.420 e. The standard InChI is InChI=1S/C20H22N4O/c1-15-4-2-5-16(12-15)13-24-11-3-6-18(14-24)20-23-22-19(25-20)17-7-9-21-10-8-17/h2,4-5,7-10,12,18H,3,6,11,13-14H2,1H3/t18-/m0/s1. The van der Waals surface area contributed by atoms with Gasteiger partial charge >= 0.3 is 0 Å². The van der Waals surface area contributed by atoms with E-state index in [-0.39, 0.29) is 0 Å². The van der Waals surface area contributed by atoms with Crippen molar-refractivity contribution in [3.8, 4) is 11.5 Å². The molecule has 1 aliphatic rings. The van der Waals surface area contributed by atoms with Crippen LogP contribution in [0.3, 0.4) is 0 Å². The van der Waals surface area contributed by atoms with Gasteiger partial charge in [-0.2, -0.15) is 0 Å². The third kappa shape index (κ3) is 3.77. The van der Waals surface area contributed by atoms with Gasteiger partial charge in [-0.1, -0.05) is 29.8 Å². The monoisotopic (exact) mass is 334 g/mol. The van der Waals surface area contributed by atoms with Crippen molar-refractivity contribution in [3.05, 3.63) is 65.8 Å². The van der Waals surface area contributed by atoms with Crippen molar-refractivity contribution in [2.75, 3.05) is 13.1 Å². The predicted octanol–water partition coefficient (Wildman–Crippen LogP) is 3.82. The quantitative estimate of drug-likeness (QED) is 0.726. The van der Waals surface area contributed by atoms with E-state index in [4.69, 9.17) is 4.42 Å². The molecule has 1 atom stereocenters. The third-order valence-electron chi connectivity index (χ3n) is 4.71. The first-order chi connectivity index (χ1) is 12.3. The highest BCUT2D eigenvalue weighted by Gasteiger charge is 2.26. The summed E-state index contributed by atoms with van der Waals surface area (Å²) in [5.41, 5.74) is 3.59. The molecule has 25 heavy (non-hydrogen) atoms. The third-order valence-corrected chi connectivity index (χ3v) is 4.71. The van der Waals surface area contributed by atoms with Gasteiger partial charge in [-0.05, 0) is 44.0 Å². The molecule has 0 spiro atoms. The van der Waals surface area contributed by atoms with Crippen molar-refractivity contribution in [2.45, 2.75) is 32.2 Å². The van der Waals surface area contributed by atoms with Crippen molar-refractivity contribution >= 4 is 0 Å². The first-order valence-electron chi connectivity index (χ1n) is 8.79. The van der Waals surface area contributed by atoms with Crippen molar-refractivity contribution < 1.29 is 4.42 Å². The Balaban J connectivity index is 1.45. The summed E-state index contributed by atoms with van der Waals surface area (Å²) in [5, 5.41) is 8.53. The fourth-order valence-corrected chi connectivity index (χ4v) is 3.48. The number of likely N-dealkylation sites (tertiary alicyclic amines) is 1. The number of rotatable bonds is 4. The molecule has 2 aromatic heterocycles. The maximum Gasteiger partial charge on any atom is 0.247 e. The van der Waals surface area contributed by atoms with Gasteiger partial charge in [-0.25, -0.2) is 0 Å². The Morgan fingerprint density at radius 1 is 1.16 bits per heavy atom. The van der Waals surface area contributed by atoms with E-state index in [1.807, 2.05) is 12.1 Å². The van der Waals surface area contributed by atoms with E-state index in [0.717, 1.165) is 43.9 Å². The van der Waals surface area contributed by atoms with Crippen molar-refractivity contribution in [2.24, 2.45) is 0 Å². The Bertz CT molecular complexity index is 830. The molecular formula is C20H22N4O. The lowest BCUT2D eigenvalue weighted by atomic mass is 9.97. The molecule has 1 aliphatic heterocycles. The highest BCUT2D eigenvalue weighted by atomic mass is 16.4. The molecule has 0 radical (unpaired) electrons. The highest BCUT2D eigenvalue weighted by Crippen LogP contribution is 2.29. The summed E-state index contributed by atoms with van der Waals surface area (Å²) in [6, 6.07) is 12.5. The summed E-state index contributed by atoms with van der Waals surface area (Å²) in [6.45, 7) is 5.20. The topological polar surface area (TPSA) is 55.1 Å². The minimum Gasteiger partial charge on any atom is -0.420 e. The Labute approximate surface area is 147 Å². The molecule has 5 nitrogen and oxygen atoms in total. The van der Waals surface area contributed by atoms with E-state index in [9.17, 15) is 0 Å². The second-order valence-electron chi connectivity index (χ2n) is 6.74. The molecule has 1 saturated heterocycles. The van der Waals surface area contributed by atoms with Crippen LogP contribution in [0.25, 0.3) is 11.5 Å². The first-order valence-corrected chi connectivity index (χ1v) is 8.79. The van der Waals surface area contributed by atoms with Gasteiger partial charge in [0.1, 0.15) is 0 Å². The van der Waals surface area contributed by atoms with Gasteiger partial charge in [0, 0.05) is 31.0 Å². The molecule has 5 heteroatoms. The zero-order valence-electron chi connectivity index (χ0n) is 14.4. The zero-order chi connectivity index (χ0) is 17.1. The van der Waals surface area contributed by atoms with Crippen LogP contribution in [0.15, 0.2) is 53.2 Å². The Hall–Kier alpha value is -2.53. The summed E-state index contributed by atoms with van der Waals surface area (Å²) in [4.78, 5) is 6.51. The highest BCUT2D eigenvalue weighted by molar-refractivity contribution is 5.50. The zero-order valence-corrected chi connectivity index (χ0v) is 14.4. The molecule has 0 bridgehead atoms. The lowest BCUT2D eigenvalue weighted by Gasteiger charge is -2.31. The van der Waals surface area contributed by atoms with Crippen LogP contribution in [-0.4, -0.2) is 33.2 Å². The van der Waals surface area contributed by atoms with Crippen molar-refractivity contribution in [1.29, 1.82) is 0 Å². The number of benzene rings is 1. The van der Waals surface area contributed by atoms with Crippen LogP contribution < -0.4 is 0 Å². The van der Waals surface area contributed by atoms with Crippen LogP contribution in [0, 0.1) is 6.92 Å². The molecule has 3 heterocycles. The van der Waals surface area contributed by atoms with Crippen molar-refractivity contribution in [3.63, 3.8) is 0 Å². The molecule has 0 unspecified atom stereocenters. The lowest BCUT2D eigenvalue weighted by Crippen LogP contribution is -2.34. The van der Waals surface area contributed by atoms with E-state index in [1.165, 1.54) is 11.1 Å². The van der Waals surface area contributed by atoms with Gasteiger partial charge in [-0.3, -0.25) is 9.88 Å². The number of hydrogen-bond acceptors (Lipinski definition) is 5. The minimum absolute atomic E-state index is 0.307. The normalized spacial score (nSPS) is 18.4. The number of nitrogens with zero attached hydrogens (tertiary/aromatic N) is 4. The van der Waals surface area contributed by atoms with E-state index in [2.05, 4.69) is 51.3 Å². The number of aromatic nitrogens is 3. The first kappa shape index (κ1) is 16.0. The average Bonchev–Trinajstić information content (AvgIpc) is 3.13.